The van der Waals surface area contributed by atoms with Gasteiger partial charge in [0.2, 0.25) is 18.1 Å². The lowest BCUT2D eigenvalue weighted by atomic mass is 10.0. The van der Waals surface area contributed by atoms with Crippen LogP contribution >= 0.6 is 0 Å². The first kappa shape index (κ1) is 36.7. The Bertz CT molecular complexity index is 1480. The molecule has 7 N–H and O–H groups in total. The van der Waals surface area contributed by atoms with Crippen molar-refractivity contribution in [1.82, 2.24) is 20.2 Å². The van der Waals surface area contributed by atoms with Gasteiger partial charge < -0.3 is 50.3 Å². The summed E-state index contributed by atoms with van der Waals surface area (Å²) in [7, 11) is 1.22. The Balaban J connectivity index is 1.57. The molecule has 10 atom stereocenters. The van der Waals surface area contributed by atoms with Gasteiger partial charge in [0.1, 0.15) is 30.5 Å². The number of carbonyl (C=O) groups is 4. The number of primary amides is 1. The van der Waals surface area contributed by atoms with Crippen molar-refractivity contribution in [2.45, 2.75) is 120 Å². The molecule has 18 heteroatoms. The van der Waals surface area contributed by atoms with Gasteiger partial charge in [-0.3, -0.25) is 33.5 Å². The van der Waals surface area contributed by atoms with Gasteiger partial charge in [-0.2, -0.15) is 0 Å². The minimum atomic E-state index is -1.88. The van der Waals surface area contributed by atoms with Crippen LogP contribution in [-0.4, -0.2) is 106 Å². The van der Waals surface area contributed by atoms with E-state index in [0.29, 0.717) is 19.3 Å². The van der Waals surface area contributed by atoms with Crippen molar-refractivity contribution in [3.63, 3.8) is 0 Å². The molecule has 48 heavy (non-hydrogen) atoms. The van der Waals surface area contributed by atoms with Crippen LogP contribution in [0.1, 0.15) is 65.0 Å². The molecule has 0 aliphatic carbocycles. The number of hydrogen-bond donors (Lipinski definition) is 6. The third kappa shape index (κ3) is 8.67. The number of amides is 3. The molecule has 1 aromatic rings. The van der Waals surface area contributed by atoms with Crippen molar-refractivity contribution in [3.05, 3.63) is 44.9 Å². The normalized spacial score (nSPS) is 31.1. The number of nitrogens with zero attached hydrogens (tertiary/aromatic N) is 1. The maximum Gasteiger partial charge on any atom is 0.330 e. The summed E-state index contributed by atoms with van der Waals surface area (Å²) in [6, 6.07) is 0.0664. The van der Waals surface area contributed by atoms with Crippen molar-refractivity contribution >= 4 is 23.7 Å². The zero-order valence-corrected chi connectivity index (χ0v) is 26.9. The molecule has 0 bridgehead atoms. The summed E-state index contributed by atoms with van der Waals surface area (Å²) < 4.78 is 29.5. The topological polar surface area (TPSA) is 260 Å². The number of rotatable bonds is 13. The predicted octanol–water partition coefficient (Wildman–Crippen LogP) is -2.05. The summed E-state index contributed by atoms with van der Waals surface area (Å²) in [6.07, 6.45) is -6.99. The van der Waals surface area contributed by atoms with Crippen molar-refractivity contribution in [1.29, 1.82) is 0 Å². The third-order valence-electron chi connectivity index (χ3n) is 8.29. The zero-order valence-electron chi connectivity index (χ0n) is 26.9. The molecule has 0 radical (unpaired) electrons. The fourth-order valence-corrected chi connectivity index (χ4v) is 5.76. The largest absolute Gasteiger partial charge is 0.456 e. The smallest absolute Gasteiger partial charge is 0.330 e. The van der Waals surface area contributed by atoms with Crippen molar-refractivity contribution < 1.29 is 53.1 Å². The quantitative estimate of drug-likeness (QED) is 0.0969. The number of aromatic amines is 1. The molecule has 0 saturated carbocycles. The summed E-state index contributed by atoms with van der Waals surface area (Å²) in [5.74, 6) is -3.60. The highest BCUT2D eigenvalue weighted by molar-refractivity contribution is 5.95. The Morgan fingerprint density at radius 1 is 1.17 bits per heavy atom. The number of esters is 1. The minimum Gasteiger partial charge on any atom is -0.456 e. The van der Waals surface area contributed by atoms with Crippen molar-refractivity contribution in [2.75, 3.05) is 7.11 Å². The predicted molar refractivity (Wildman–Crippen MR) is 162 cm³/mol. The van der Waals surface area contributed by atoms with Gasteiger partial charge in [0.25, 0.3) is 11.5 Å². The number of aliphatic hydroxyl groups excluding tert-OH is 2. The van der Waals surface area contributed by atoms with Crippen LogP contribution in [0.25, 0.3) is 0 Å². The molecule has 0 unspecified atom stereocenters. The number of H-pyrrole nitrogens is 1. The lowest BCUT2D eigenvalue weighted by Gasteiger charge is -2.35. The molecular formula is C30H43N5O13. The second kappa shape index (κ2) is 16.3. The van der Waals surface area contributed by atoms with Gasteiger partial charge >= 0.3 is 11.7 Å². The van der Waals surface area contributed by atoms with Gasteiger partial charge in [-0.1, -0.05) is 19.8 Å². The number of carbonyl (C=O) groups excluding carboxylic acids is 4. The molecule has 3 amide bonds. The molecule has 3 aliphatic heterocycles. The van der Waals surface area contributed by atoms with Crippen LogP contribution in [0.15, 0.2) is 33.7 Å². The van der Waals surface area contributed by atoms with E-state index in [-0.39, 0.29) is 12.5 Å². The SMILES string of the molecule is CCCCCC(=O)O[C@@H]1[C@H](OC)[C@@H]([C@@H](O[C@H]2OC(C(=O)N[C@H]3CCC[C@@H](C)NC3=O)=C[C@H](O)[C@@H]2O)C(N)=O)O[C@H]1n1ccc(=O)[nH]c1=O. The van der Waals surface area contributed by atoms with Crippen LogP contribution in [0.2, 0.25) is 0 Å². The Labute approximate surface area is 274 Å². The molecule has 2 fully saturated rings. The first-order valence-electron chi connectivity index (χ1n) is 15.8. The van der Waals surface area contributed by atoms with E-state index in [1.165, 1.54) is 7.11 Å². The van der Waals surface area contributed by atoms with Crippen molar-refractivity contribution in [2.24, 2.45) is 5.73 Å². The van der Waals surface area contributed by atoms with E-state index in [9.17, 15) is 39.0 Å². The van der Waals surface area contributed by atoms with E-state index in [1.54, 1.807) is 0 Å². The first-order valence-corrected chi connectivity index (χ1v) is 15.8. The van der Waals surface area contributed by atoms with E-state index < -0.39 is 95.9 Å². The molecule has 0 spiro atoms. The number of aliphatic hydroxyl groups is 2. The van der Waals surface area contributed by atoms with E-state index in [1.807, 2.05) is 13.8 Å². The molecule has 3 aliphatic rings. The van der Waals surface area contributed by atoms with E-state index >= 15 is 0 Å². The molecular weight excluding hydrogens is 638 g/mol. The Kier molecular flexibility index (Phi) is 12.5. The minimum absolute atomic E-state index is 0.0349. The third-order valence-corrected chi connectivity index (χ3v) is 8.29. The van der Waals surface area contributed by atoms with Gasteiger partial charge in [-0.25, -0.2) is 4.79 Å². The average Bonchev–Trinajstić information content (AvgIpc) is 3.28. The summed E-state index contributed by atoms with van der Waals surface area (Å²) in [5, 5.41) is 26.6. The number of unbranched alkanes of at least 4 members (excludes halogenated alkanes) is 2. The second-order valence-electron chi connectivity index (χ2n) is 11.9. The highest BCUT2D eigenvalue weighted by atomic mass is 16.7. The van der Waals surface area contributed by atoms with Gasteiger partial charge in [0.05, 0.1) is 0 Å². The van der Waals surface area contributed by atoms with Crippen LogP contribution in [0.4, 0.5) is 0 Å². The molecule has 18 nitrogen and oxygen atoms in total. The fraction of sp³-hybridized carbons (Fsp3) is 0.667. The number of hydrogen-bond acceptors (Lipinski definition) is 13. The van der Waals surface area contributed by atoms with Gasteiger partial charge in [-0.05, 0) is 38.7 Å². The molecule has 4 rings (SSSR count). The van der Waals surface area contributed by atoms with Crippen molar-refractivity contribution in [3.8, 4) is 0 Å². The van der Waals surface area contributed by atoms with Crippen LogP contribution < -0.4 is 27.6 Å². The molecule has 1 aromatic heterocycles. The van der Waals surface area contributed by atoms with Crippen LogP contribution in [0.5, 0.6) is 0 Å². The van der Waals surface area contributed by atoms with Crippen LogP contribution in [0, 0.1) is 0 Å². The van der Waals surface area contributed by atoms with E-state index in [2.05, 4.69) is 15.6 Å². The maximum absolute atomic E-state index is 13.1. The number of aromatic nitrogens is 2. The Morgan fingerprint density at radius 3 is 2.58 bits per heavy atom. The Morgan fingerprint density at radius 2 is 1.92 bits per heavy atom. The number of nitrogens with one attached hydrogen (secondary N) is 3. The Hall–Kier alpha value is -4.10. The highest BCUT2D eigenvalue weighted by Gasteiger charge is 2.54. The highest BCUT2D eigenvalue weighted by Crippen LogP contribution is 2.36. The summed E-state index contributed by atoms with van der Waals surface area (Å²) in [6.45, 7) is 3.80. The molecule has 0 aromatic carbocycles. The monoisotopic (exact) mass is 681 g/mol. The molecule has 4 heterocycles. The summed E-state index contributed by atoms with van der Waals surface area (Å²) in [4.78, 5) is 77.8. The lowest BCUT2D eigenvalue weighted by Crippen LogP contribution is -2.54. The van der Waals surface area contributed by atoms with E-state index in [0.717, 1.165) is 42.2 Å². The average molecular weight is 682 g/mol. The zero-order chi connectivity index (χ0) is 35.1. The van der Waals surface area contributed by atoms with Crippen LogP contribution in [0.3, 0.4) is 0 Å². The fourth-order valence-electron chi connectivity index (χ4n) is 5.76. The number of ether oxygens (including phenoxy) is 5. The molecule has 266 valence electrons. The second-order valence-corrected chi connectivity index (χ2v) is 11.9. The van der Waals surface area contributed by atoms with Crippen LogP contribution in [-0.2, 0) is 42.9 Å². The standard InChI is InChI=1S/C30H43N5O13/c1-4-5-6-10-19(38)46-24-21(44-3)22(47-28(24)35-12-11-18(37)34-30(35)43)23(25(31)40)48-29-20(39)16(36)13-17(45-29)27(42)33-15-9-7-8-14(2)32-26(15)41/h11-16,20-24,28-29,36,39H,4-10H2,1-3H3,(H2,31,40)(H,32,41)(H,33,42)(H,34,37,43)/t14-,15+,16+,20+,21-,22+,23-,24-,28-,29-/m1/s1. The summed E-state index contributed by atoms with van der Waals surface area (Å²) >= 11 is 0. The lowest BCUT2D eigenvalue weighted by molar-refractivity contribution is -0.241. The first-order chi connectivity index (χ1) is 22.8. The van der Waals surface area contributed by atoms with E-state index in [4.69, 9.17) is 29.4 Å². The number of methoxy groups -OCH3 is 1. The van der Waals surface area contributed by atoms with Gasteiger partial charge in [0, 0.05) is 31.8 Å². The van der Waals surface area contributed by atoms with Gasteiger partial charge in [0.15, 0.2) is 24.2 Å². The summed E-state index contributed by atoms with van der Waals surface area (Å²) in [5.41, 5.74) is 4.07. The van der Waals surface area contributed by atoms with Gasteiger partial charge in [-0.15, -0.1) is 0 Å². The number of nitrogens with two attached hydrogens (primary N) is 1. The molecule has 2 saturated heterocycles. The maximum atomic E-state index is 13.1.